The summed E-state index contributed by atoms with van der Waals surface area (Å²) in [5.74, 6) is 0.668. The minimum atomic E-state index is -2.60. The lowest BCUT2D eigenvalue weighted by Gasteiger charge is -2.24. The van der Waals surface area contributed by atoms with Gasteiger partial charge in [0.15, 0.2) is 11.5 Å². The molecule has 0 aliphatic rings. The predicted octanol–water partition coefficient (Wildman–Crippen LogP) is 2.84. The monoisotopic (exact) mass is 245 g/mol. The van der Waals surface area contributed by atoms with Gasteiger partial charge in [-0.05, 0) is 31.5 Å². The zero-order valence-corrected chi connectivity index (χ0v) is 10.4. The van der Waals surface area contributed by atoms with Crippen molar-refractivity contribution in [3.8, 4) is 11.5 Å². The Hall–Kier alpha value is -1.36. The Morgan fingerprint density at radius 3 is 1.94 bits per heavy atom. The first-order valence-electron chi connectivity index (χ1n) is 5.14. The van der Waals surface area contributed by atoms with Crippen LogP contribution < -0.4 is 15.2 Å². The second kappa shape index (κ2) is 4.87. The van der Waals surface area contributed by atoms with Gasteiger partial charge in [-0.1, -0.05) is 0 Å². The molecule has 2 N–H and O–H groups in total. The number of hydrogen-bond donors (Lipinski definition) is 1. The second-order valence-corrected chi connectivity index (χ2v) is 4.32. The SMILES string of the molecule is COc1cc(C(F)F)c(C(C)(C)N)cc1OC. The summed E-state index contributed by atoms with van der Waals surface area (Å²) < 4.78 is 36.0. The normalized spacial score (nSPS) is 11.8. The van der Waals surface area contributed by atoms with Gasteiger partial charge in [0.2, 0.25) is 0 Å². The maximum Gasteiger partial charge on any atom is 0.264 e. The van der Waals surface area contributed by atoms with Crippen LogP contribution >= 0.6 is 0 Å². The van der Waals surface area contributed by atoms with Gasteiger partial charge in [-0.25, -0.2) is 8.78 Å². The largest absolute Gasteiger partial charge is 0.493 e. The zero-order chi connectivity index (χ0) is 13.2. The molecule has 0 bridgehead atoms. The molecule has 17 heavy (non-hydrogen) atoms. The van der Waals surface area contributed by atoms with E-state index < -0.39 is 12.0 Å². The molecule has 96 valence electrons. The highest BCUT2D eigenvalue weighted by Gasteiger charge is 2.25. The molecule has 0 aromatic heterocycles. The first-order valence-corrected chi connectivity index (χ1v) is 5.14. The van der Waals surface area contributed by atoms with Crippen molar-refractivity contribution in [2.24, 2.45) is 5.73 Å². The third kappa shape index (κ3) is 2.85. The lowest BCUT2D eigenvalue weighted by Crippen LogP contribution is -2.30. The van der Waals surface area contributed by atoms with Gasteiger partial charge in [0.05, 0.1) is 14.2 Å². The molecule has 3 nitrogen and oxygen atoms in total. The van der Waals surface area contributed by atoms with Gasteiger partial charge in [-0.15, -0.1) is 0 Å². The van der Waals surface area contributed by atoms with Crippen LogP contribution in [0.5, 0.6) is 11.5 Å². The van der Waals surface area contributed by atoms with E-state index >= 15 is 0 Å². The fraction of sp³-hybridized carbons (Fsp3) is 0.500. The van der Waals surface area contributed by atoms with Crippen molar-refractivity contribution in [2.75, 3.05) is 14.2 Å². The van der Waals surface area contributed by atoms with Gasteiger partial charge in [-0.2, -0.15) is 0 Å². The van der Waals surface area contributed by atoms with Gasteiger partial charge in [-0.3, -0.25) is 0 Å². The van der Waals surface area contributed by atoms with Crippen LogP contribution in [0.2, 0.25) is 0 Å². The van der Waals surface area contributed by atoms with Crippen LogP contribution in [-0.2, 0) is 5.54 Å². The number of hydrogen-bond acceptors (Lipinski definition) is 3. The number of halogens is 2. The minimum absolute atomic E-state index is 0.129. The second-order valence-electron chi connectivity index (χ2n) is 4.32. The Morgan fingerprint density at radius 2 is 1.59 bits per heavy atom. The maximum atomic E-state index is 13.0. The highest BCUT2D eigenvalue weighted by Crippen LogP contribution is 2.38. The lowest BCUT2D eigenvalue weighted by atomic mass is 9.90. The van der Waals surface area contributed by atoms with Gasteiger partial charge >= 0.3 is 0 Å². The average Bonchev–Trinajstić information content (AvgIpc) is 2.25. The van der Waals surface area contributed by atoms with Crippen molar-refractivity contribution in [1.82, 2.24) is 0 Å². The fourth-order valence-electron chi connectivity index (χ4n) is 1.63. The summed E-state index contributed by atoms with van der Waals surface area (Å²) >= 11 is 0. The summed E-state index contributed by atoms with van der Waals surface area (Å²) in [6.07, 6.45) is -2.60. The number of rotatable bonds is 4. The van der Waals surface area contributed by atoms with Crippen molar-refractivity contribution in [3.05, 3.63) is 23.3 Å². The van der Waals surface area contributed by atoms with Crippen molar-refractivity contribution in [3.63, 3.8) is 0 Å². The Morgan fingerprint density at radius 1 is 1.12 bits per heavy atom. The Kier molecular flexibility index (Phi) is 3.93. The quantitative estimate of drug-likeness (QED) is 0.887. The Bertz CT molecular complexity index is 400. The minimum Gasteiger partial charge on any atom is -0.493 e. The molecule has 0 amide bonds. The molecular formula is C12H17F2NO2. The Labute approximate surface area is 99.5 Å². The van der Waals surface area contributed by atoms with Crippen molar-refractivity contribution in [1.29, 1.82) is 0 Å². The molecule has 0 saturated carbocycles. The number of benzene rings is 1. The van der Waals surface area contributed by atoms with E-state index in [0.717, 1.165) is 0 Å². The number of alkyl halides is 2. The van der Waals surface area contributed by atoms with Crippen LogP contribution in [0.4, 0.5) is 8.78 Å². The van der Waals surface area contributed by atoms with E-state index in [1.165, 1.54) is 26.4 Å². The molecule has 0 radical (unpaired) electrons. The van der Waals surface area contributed by atoms with Crippen molar-refractivity contribution >= 4 is 0 Å². The standard InChI is InChI=1S/C12H17F2NO2/c1-12(2,15)8-6-10(17-4)9(16-3)5-7(8)11(13)14/h5-6,11H,15H2,1-4H3. The summed E-state index contributed by atoms with van der Waals surface area (Å²) in [5.41, 5.74) is 5.23. The van der Waals surface area contributed by atoms with E-state index in [1.807, 2.05) is 0 Å². The third-order valence-corrected chi connectivity index (χ3v) is 2.48. The molecule has 1 rings (SSSR count). The summed E-state index contributed by atoms with van der Waals surface area (Å²) in [6.45, 7) is 3.33. The number of ether oxygens (including phenoxy) is 2. The third-order valence-electron chi connectivity index (χ3n) is 2.48. The van der Waals surface area contributed by atoms with E-state index in [0.29, 0.717) is 11.3 Å². The van der Waals surface area contributed by atoms with Crippen molar-refractivity contribution < 1.29 is 18.3 Å². The van der Waals surface area contributed by atoms with Crippen LogP contribution in [0.25, 0.3) is 0 Å². The Balaban J connectivity index is 3.46. The molecule has 0 unspecified atom stereocenters. The zero-order valence-electron chi connectivity index (χ0n) is 10.4. The molecule has 0 spiro atoms. The summed E-state index contributed by atoms with van der Waals surface area (Å²) in [6, 6.07) is 2.77. The molecular weight excluding hydrogens is 228 g/mol. The first-order chi connectivity index (χ1) is 7.81. The number of nitrogens with two attached hydrogens (primary N) is 1. The molecule has 0 aliphatic carbocycles. The van der Waals surface area contributed by atoms with Gasteiger partial charge in [0.1, 0.15) is 0 Å². The van der Waals surface area contributed by atoms with Gasteiger partial charge < -0.3 is 15.2 Å². The van der Waals surface area contributed by atoms with E-state index in [9.17, 15) is 8.78 Å². The van der Waals surface area contributed by atoms with Crippen LogP contribution in [0.15, 0.2) is 12.1 Å². The summed E-state index contributed by atoms with van der Waals surface area (Å²) in [7, 11) is 2.85. The van der Waals surface area contributed by atoms with E-state index in [1.54, 1.807) is 13.8 Å². The molecule has 5 heteroatoms. The maximum absolute atomic E-state index is 13.0. The first kappa shape index (κ1) is 13.7. The van der Waals surface area contributed by atoms with E-state index in [-0.39, 0.29) is 11.3 Å². The molecule has 0 saturated heterocycles. The fourth-order valence-corrected chi connectivity index (χ4v) is 1.63. The highest BCUT2D eigenvalue weighted by atomic mass is 19.3. The molecule has 0 fully saturated rings. The molecule has 0 heterocycles. The molecule has 0 atom stereocenters. The van der Waals surface area contributed by atoms with E-state index in [4.69, 9.17) is 15.2 Å². The van der Waals surface area contributed by atoms with Crippen molar-refractivity contribution in [2.45, 2.75) is 25.8 Å². The summed E-state index contributed by atoms with van der Waals surface area (Å²) in [4.78, 5) is 0. The highest BCUT2D eigenvalue weighted by molar-refractivity contribution is 5.49. The van der Waals surface area contributed by atoms with Crippen LogP contribution in [0.3, 0.4) is 0 Å². The van der Waals surface area contributed by atoms with Crippen LogP contribution in [-0.4, -0.2) is 14.2 Å². The molecule has 1 aromatic carbocycles. The average molecular weight is 245 g/mol. The van der Waals surface area contributed by atoms with Gasteiger partial charge in [0, 0.05) is 11.1 Å². The smallest absolute Gasteiger partial charge is 0.264 e. The molecule has 0 aliphatic heterocycles. The van der Waals surface area contributed by atoms with Crippen LogP contribution in [0.1, 0.15) is 31.4 Å². The molecule has 1 aromatic rings. The van der Waals surface area contributed by atoms with Gasteiger partial charge in [0.25, 0.3) is 6.43 Å². The lowest BCUT2D eigenvalue weighted by molar-refractivity contribution is 0.148. The predicted molar refractivity (Wildman–Crippen MR) is 61.7 cm³/mol. The number of methoxy groups -OCH3 is 2. The van der Waals surface area contributed by atoms with Crippen LogP contribution in [0, 0.1) is 0 Å². The van der Waals surface area contributed by atoms with E-state index in [2.05, 4.69) is 0 Å². The summed E-state index contributed by atoms with van der Waals surface area (Å²) in [5, 5.41) is 0. The topological polar surface area (TPSA) is 44.5 Å².